The molecule has 0 unspecified atom stereocenters. The average molecular weight is 185 g/mol. The second-order valence-electron chi connectivity index (χ2n) is 3.17. The topological polar surface area (TPSA) is 52.5 Å². The number of rotatable bonds is 1. The van der Waals surface area contributed by atoms with E-state index in [1.165, 1.54) is 0 Å². The van der Waals surface area contributed by atoms with Crippen LogP contribution in [-0.4, -0.2) is 4.57 Å². The summed E-state index contributed by atoms with van der Waals surface area (Å²) in [4.78, 5) is 0. The average Bonchev–Trinajstić information content (AvgIpc) is 2.42. The number of nitrogens with zero attached hydrogens (tertiary/aromatic N) is 3. The molecule has 3 heteroatoms. The molecule has 0 aromatic carbocycles. The molecular formula is C11H11N3. The first-order chi connectivity index (χ1) is 6.60. The van der Waals surface area contributed by atoms with E-state index in [-0.39, 0.29) is 5.57 Å². The highest BCUT2D eigenvalue weighted by molar-refractivity contribution is 5.64. The maximum atomic E-state index is 8.61. The number of aryl methyl sites for hydroxylation is 1. The molecule has 1 rings (SSSR count). The molecule has 14 heavy (non-hydrogen) atoms. The monoisotopic (exact) mass is 185 g/mol. The lowest BCUT2D eigenvalue weighted by Gasteiger charge is -1.98. The lowest BCUT2D eigenvalue weighted by molar-refractivity contribution is 0.843. The van der Waals surface area contributed by atoms with Crippen molar-refractivity contribution < 1.29 is 0 Å². The summed E-state index contributed by atoms with van der Waals surface area (Å²) in [5.41, 5.74) is 3.25. The fraction of sp³-hybridized carbons (Fsp3) is 0.273. The molecule has 0 bridgehead atoms. The minimum absolute atomic E-state index is 0.138. The van der Waals surface area contributed by atoms with Crippen molar-refractivity contribution in [2.75, 3.05) is 0 Å². The summed E-state index contributed by atoms with van der Waals surface area (Å²) >= 11 is 0. The molecule has 70 valence electrons. The molecule has 0 saturated heterocycles. The van der Waals surface area contributed by atoms with Crippen LogP contribution in [-0.2, 0) is 7.05 Å². The summed E-state index contributed by atoms with van der Waals surface area (Å²) < 4.78 is 2.03. The largest absolute Gasteiger partial charge is 0.352 e. The first kappa shape index (κ1) is 10.1. The highest BCUT2D eigenvalue weighted by atomic mass is 14.9. The molecule has 0 aliphatic rings. The first-order valence-corrected chi connectivity index (χ1v) is 4.25. The number of allylic oxidation sites excluding steroid dienone is 1. The Hall–Kier alpha value is -2.00. The second kappa shape index (κ2) is 3.81. The molecule has 0 aliphatic carbocycles. The van der Waals surface area contributed by atoms with Crippen LogP contribution in [0.1, 0.15) is 17.0 Å². The van der Waals surface area contributed by atoms with Crippen molar-refractivity contribution in [3.63, 3.8) is 0 Å². The Labute approximate surface area is 83.5 Å². The van der Waals surface area contributed by atoms with Crippen LogP contribution in [0.15, 0.2) is 11.6 Å². The van der Waals surface area contributed by atoms with E-state index in [0.29, 0.717) is 0 Å². The molecule has 0 atom stereocenters. The Morgan fingerprint density at radius 3 is 2.29 bits per heavy atom. The van der Waals surface area contributed by atoms with Gasteiger partial charge in [-0.25, -0.2) is 0 Å². The third-order valence-corrected chi connectivity index (χ3v) is 2.36. The lowest BCUT2D eigenvalue weighted by atomic mass is 10.2. The number of hydrogen-bond acceptors (Lipinski definition) is 2. The third kappa shape index (κ3) is 1.67. The number of hydrogen-bond donors (Lipinski definition) is 0. The summed E-state index contributed by atoms with van der Waals surface area (Å²) in [6.45, 7) is 3.95. The van der Waals surface area contributed by atoms with Gasteiger partial charge in [-0.2, -0.15) is 10.5 Å². The maximum Gasteiger partial charge on any atom is 0.130 e. The van der Waals surface area contributed by atoms with Crippen LogP contribution in [0.2, 0.25) is 0 Å². The highest BCUT2D eigenvalue weighted by Crippen LogP contribution is 2.16. The quantitative estimate of drug-likeness (QED) is 0.629. The van der Waals surface area contributed by atoms with Crippen LogP contribution in [0.3, 0.4) is 0 Å². The van der Waals surface area contributed by atoms with E-state index in [0.717, 1.165) is 17.0 Å². The molecule has 3 nitrogen and oxygen atoms in total. The van der Waals surface area contributed by atoms with Gasteiger partial charge in [-0.3, -0.25) is 0 Å². The van der Waals surface area contributed by atoms with Crippen LogP contribution < -0.4 is 0 Å². The summed E-state index contributed by atoms with van der Waals surface area (Å²) in [5, 5.41) is 17.2. The van der Waals surface area contributed by atoms with Gasteiger partial charge in [-0.1, -0.05) is 0 Å². The maximum absolute atomic E-state index is 8.61. The third-order valence-electron chi connectivity index (χ3n) is 2.36. The van der Waals surface area contributed by atoms with Gasteiger partial charge in [0.2, 0.25) is 0 Å². The van der Waals surface area contributed by atoms with Gasteiger partial charge in [0.05, 0.1) is 0 Å². The molecule has 0 amide bonds. The Morgan fingerprint density at radius 1 is 1.36 bits per heavy atom. The predicted molar refractivity (Wildman–Crippen MR) is 54.1 cm³/mol. The predicted octanol–water partition coefficient (Wildman–Crippen LogP) is 2.07. The first-order valence-electron chi connectivity index (χ1n) is 4.25. The van der Waals surface area contributed by atoms with Crippen LogP contribution in [0.25, 0.3) is 6.08 Å². The van der Waals surface area contributed by atoms with Crippen LogP contribution in [0, 0.1) is 36.5 Å². The molecule has 0 radical (unpaired) electrons. The molecule has 0 N–H and O–H groups in total. The summed E-state index contributed by atoms with van der Waals surface area (Å²) in [6, 6.07) is 5.66. The summed E-state index contributed by atoms with van der Waals surface area (Å²) in [6.07, 6.45) is 1.61. The fourth-order valence-electron chi connectivity index (χ4n) is 1.28. The molecule has 0 aliphatic heterocycles. The van der Waals surface area contributed by atoms with Gasteiger partial charge in [0, 0.05) is 18.4 Å². The van der Waals surface area contributed by atoms with E-state index < -0.39 is 0 Å². The molecule has 1 aromatic heterocycles. The zero-order valence-corrected chi connectivity index (χ0v) is 8.50. The van der Waals surface area contributed by atoms with Crippen LogP contribution in [0.5, 0.6) is 0 Å². The van der Waals surface area contributed by atoms with Crippen molar-refractivity contribution in [3.8, 4) is 12.1 Å². The van der Waals surface area contributed by atoms with Gasteiger partial charge in [-0.05, 0) is 31.6 Å². The zero-order chi connectivity index (χ0) is 10.7. The van der Waals surface area contributed by atoms with Crippen molar-refractivity contribution in [2.45, 2.75) is 13.8 Å². The number of nitriles is 2. The molecular weight excluding hydrogens is 174 g/mol. The van der Waals surface area contributed by atoms with Gasteiger partial charge in [-0.15, -0.1) is 0 Å². The van der Waals surface area contributed by atoms with E-state index >= 15 is 0 Å². The molecule has 0 saturated carbocycles. The smallest absolute Gasteiger partial charge is 0.130 e. The Morgan fingerprint density at radius 2 is 1.93 bits per heavy atom. The van der Waals surface area contributed by atoms with Gasteiger partial charge in [0.1, 0.15) is 17.7 Å². The summed E-state index contributed by atoms with van der Waals surface area (Å²) in [7, 11) is 1.96. The second-order valence-corrected chi connectivity index (χ2v) is 3.17. The minimum Gasteiger partial charge on any atom is -0.352 e. The van der Waals surface area contributed by atoms with E-state index in [1.54, 1.807) is 6.08 Å². The standard InChI is InChI=1S/C11H11N3/c1-8-4-11(9(2)14(8)3)5-10(6-12)7-13/h4-5H,1-3H3. The zero-order valence-electron chi connectivity index (χ0n) is 8.50. The van der Waals surface area contributed by atoms with Gasteiger partial charge >= 0.3 is 0 Å². The SMILES string of the molecule is Cc1cc(C=C(C#N)C#N)c(C)n1C. The Bertz CT molecular complexity index is 448. The Balaban J connectivity index is 3.25. The van der Waals surface area contributed by atoms with Crippen LogP contribution in [0.4, 0.5) is 0 Å². The van der Waals surface area contributed by atoms with Gasteiger partial charge in [0.25, 0.3) is 0 Å². The Kier molecular flexibility index (Phi) is 2.74. The van der Waals surface area contributed by atoms with Crippen molar-refractivity contribution in [1.82, 2.24) is 4.57 Å². The fourth-order valence-corrected chi connectivity index (χ4v) is 1.28. The lowest BCUT2D eigenvalue weighted by Crippen LogP contribution is -1.92. The molecule has 0 spiro atoms. The molecule has 1 aromatic rings. The number of aromatic nitrogens is 1. The summed E-state index contributed by atoms with van der Waals surface area (Å²) in [5.74, 6) is 0. The molecule has 0 fully saturated rings. The van der Waals surface area contributed by atoms with E-state index in [9.17, 15) is 0 Å². The van der Waals surface area contributed by atoms with Gasteiger partial charge in [0.15, 0.2) is 0 Å². The molecule has 1 heterocycles. The van der Waals surface area contributed by atoms with Crippen molar-refractivity contribution in [1.29, 1.82) is 10.5 Å². The van der Waals surface area contributed by atoms with Crippen LogP contribution >= 0.6 is 0 Å². The van der Waals surface area contributed by atoms with E-state index in [2.05, 4.69) is 0 Å². The van der Waals surface area contributed by atoms with E-state index in [1.807, 2.05) is 43.7 Å². The van der Waals surface area contributed by atoms with Crippen molar-refractivity contribution >= 4 is 6.08 Å². The van der Waals surface area contributed by atoms with E-state index in [4.69, 9.17) is 10.5 Å². The normalized spacial score (nSPS) is 8.93. The minimum atomic E-state index is 0.138. The van der Waals surface area contributed by atoms with Gasteiger partial charge < -0.3 is 4.57 Å². The van der Waals surface area contributed by atoms with Crippen molar-refractivity contribution in [2.24, 2.45) is 7.05 Å². The highest BCUT2D eigenvalue weighted by Gasteiger charge is 2.04. The van der Waals surface area contributed by atoms with Crippen molar-refractivity contribution in [3.05, 3.63) is 28.6 Å².